The molecule has 2 aromatic rings. The van der Waals surface area contributed by atoms with Gasteiger partial charge in [-0.05, 0) is 32.9 Å². The Balaban J connectivity index is 2.32. The Hall–Kier alpha value is -2.15. The number of alkyl carbamates (subject to hydrolysis) is 1. The van der Waals surface area contributed by atoms with Crippen molar-refractivity contribution < 1.29 is 23.8 Å². The van der Waals surface area contributed by atoms with Crippen molar-refractivity contribution in [1.29, 1.82) is 0 Å². The molecule has 0 bridgehead atoms. The van der Waals surface area contributed by atoms with Crippen molar-refractivity contribution in [3.05, 3.63) is 34.5 Å². The molecule has 7 heteroatoms. The summed E-state index contributed by atoms with van der Waals surface area (Å²) < 4.78 is 19.6. The molecule has 2 N–H and O–H groups in total. The average molecular weight is 325 g/mol. The fourth-order valence-corrected chi connectivity index (χ4v) is 3.06. The number of hydrogen-bond acceptors (Lipinski definition) is 4. The zero-order valence-corrected chi connectivity index (χ0v) is 13.2. The second-order valence-electron chi connectivity index (χ2n) is 5.68. The van der Waals surface area contributed by atoms with Gasteiger partial charge >= 0.3 is 12.1 Å². The van der Waals surface area contributed by atoms with E-state index in [9.17, 15) is 19.1 Å². The van der Waals surface area contributed by atoms with Crippen LogP contribution in [0.3, 0.4) is 0 Å². The lowest BCUT2D eigenvalue weighted by atomic mass is 10.1. The highest BCUT2D eigenvalue weighted by Gasteiger charge is 2.22. The Labute approximate surface area is 130 Å². The van der Waals surface area contributed by atoms with Crippen LogP contribution in [0.5, 0.6) is 0 Å². The van der Waals surface area contributed by atoms with Crippen LogP contribution in [0.15, 0.2) is 18.2 Å². The molecule has 0 atom stereocenters. The Morgan fingerprint density at radius 2 is 2.05 bits per heavy atom. The van der Waals surface area contributed by atoms with E-state index in [1.165, 1.54) is 12.1 Å². The number of carbonyl (C=O) groups is 2. The minimum Gasteiger partial charge on any atom is -0.477 e. The molecule has 0 saturated heterocycles. The molecule has 0 aliphatic carbocycles. The first-order valence-corrected chi connectivity index (χ1v) is 7.40. The van der Waals surface area contributed by atoms with Gasteiger partial charge in [0.15, 0.2) is 0 Å². The Morgan fingerprint density at radius 3 is 2.64 bits per heavy atom. The van der Waals surface area contributed by atoms with E-state index in [2.05, 4.69) is 5.32 Å². The van der Waals surface area contributed by atoms with Gasteiger partial charge in [-0.15, -0.1) is 11.3 Å². The van der Waals surface area contributed by atoms with Crippen molar-refractivity contribution in [3.63, 3.8) is 0 Å². The lowest BCUT2D eigenvalue weighted by Gasteiger charge is -2.19. The summed E-state index contributed by atoms with van der Waals surface area (Å²) in [6.07, 6.45) is -0.681. The SMILES string of the molecule is CC(C)(C)OC(=O)NCc1c(C(=O)O)sc2cccc(F)c12. The van der Waals surface area contributed by atoms with Crippen LogP contribution in [-0.2, 0) is 11.3 Å². The van der Waals surface area contributed by atoms with E-state index < -0.39 is 23.5 Å². The van der Waals surface area contributed by atoms with E-state index >= 15 is 0 Å². The second kappa shape index (κ2) is 5.92. The van der Waals surface area contributed by atoms with E-state index in [1.807, 2.05) is 0 Å². The van der Waals surface area contributed by atoms with Crippen LogP contribution in [0.25, 0.3) is 10.1 Å². The molecule has 0 fully saturated rings. The van der Waals surface area contributed by atoms with Crippen LogP contribution in [0.4, 0.5) is 9.18 Å². The highest BCUT2D eigenvalue weighted by molar-refractivity contribution is 7.21. The molecule has 22 heavy (non-hydrogen) atoms. The van der Waals surface area contributed by atoms with Crippen LogP contribution in [-0.4, -0.2) is 22.8 Å². The summed E-state index contributed by atoms with van der Waals surface area (Å²) >= 11 is 0.979. The molecule has 2 rings (SSSR count). The zero-order valence-electron chi connectivity index (χ0n) is 12.4. The van der Waals surface area contributed by atoms with Crippen molar-refractivity contribution in [2.75, 3.05) is 0 Å². The lowest BCUT2D eigenvalue weighted by molar-refractivity contribution is 0.0521. The number of nitrogens with one attached hydrogen (secondary N) is 1. The first kappa shape index (κ1) is 16.2. The summed E-state index contributed by atoms with van der Waals surface area (Å²) in [6, 6.07) is 4.43. The van der Waals surface area contributed by atoms with Crippen molar-refractivity contribution >= 4 is 33.5 Å². The first-order chi connectivity index (χ1) is 10.2. The third-order valence-electron chi connectivity index (χ3n) is 2.77. The molecule has 0 aliphatic rings. The molecule has 5 nitrogen and oxygen atoms in total. The van der Waals surface area contributed by atoms with Crippen LogP contribution in [0, 0.1) is 5.82 Å². The van der Waals surface area contributed by atoms with Gasteiger partial charge in [0.2, 0.25) is 0 Å². The average Bonchev–Trinajstić information content (AvgIpc) is 2.74. The molecule has 1 heterocycles. The molecule has 0 aliphatic heterocycles. The standard InChI is InChI=1S/C15H16FNO4S/c1-15(2,3)21-14(20)17-7-8-11-9(16)5-4-6-10(11)22-12(8)13(18)19/h4-6H,7H2,1-3H3,(H,17,20)(H,18,19). The largest absolute Gasteiger partial charge is 0.477 e. The van der Waals surface area contributed by atoms with Crippen molar-refractivity contribution in [3.8, 4) is 0 Å². The Morgan fingerprint density at radius 1 is 1.36 bits per heavy atom. The number of ether oxygens (including phenoxy) is 1. The van der Waals surface area contributed by atoms with Gasteiger partial charge in [0.25, 0.3) is 0 Å². The number of benzene rings is 1. The molecule has 1 aromatic heterocycles. The maximum atomic E-state index is 14.0. The molecule has 118 valence electrons. The number of halogens is 1. The second-order valence-corrected chi connectivity index (χ2v) is 6.74. The van der Waals surface area contributed by atoms with Gasteiger partial charge < -0.3 is 15.2 Å². The van der Waals surface area contributed by atoms with Gasteiger partial charge in [-0.1, -0.05) is 6.07 Å². The van der Waals surface area contributed by atoms with E-state index in [4.69, 9.17) is 4.74 Å². The molecule has 0 unspecified atom stereocenters. The number of thiophene rings is 1. The molecule has 0 radical (unpaired) electrons. The summed E-state index contributed by atoms with van der Waals surface area (Å²) in [4.78, 5) is 23.0. The number of carboxylic acid groups (broad SMARTS) is 1. The molecule has 0 saturated carbocycles. The van der Waals surface area contributed by atoms with Crippen LogP contribution >= 0.6 is 11.3 Å². The van der Waals surface area contributed by atoms with Gasteiger partial charge in [-0.2, -0.15) is 0 Å². The minimum atomic E-state index is -1.15. The molecule has 1 aromatic carbocycles. The fraction of sp³-hybridized carbons (Fsp3) is 0.333. The number of carboxylic acids is 1. The highest BCUT2D eigenvalue weighted by Crippen LogP contribution is 2.33. The van der Waals surface area contributed by atoms with Crippen LogP contribution in [0.1, 0.15) is 36.0 Å². The van der Waals surface area contributed by atoms with Gasteiger partial charge in [-0.25, -0.2) is 14.0 Å². The summed E-state index contributed by atoms with van der Waals surface area (Å²) in [7, 11) is 0. The maximum absolute atomic E-state index is 14.0. The predicted octanol–water partition coefficient (Wildman–Crippen LogP) is 3.76. The number of amides is 1. The van der Waals surface area contributed by atoms with E-state index in [0.29, 0.717) is 4.70 Å². The smallest absolute Gasteiger partial charge is 0.407 e. The fourth-order valence-electron chi connectivity index (χ4n) is 1.98. The van der Waals surface area contributed by atoms with Crippen molar-refractivity contribution in [1.82, 2.24) is 5.32 Å². The topological polar surface area (TPSA) is 75.6 Å². The summed E-state index contributed by atoms with van der Waals surface area (Å²) in [5.41, 5.74) is -0.418. The zero-order chi connectivity index (χ0) is 16.5. The van der Waals surface area contributed by atoms with E-state index in [0.717, 1.165) is 11.3 Å². The Kier molecular flexibility index (Phi) is 4.37. The van der Waals surface area contributed by atoms with E-state index in [-0.39, 0.29) is 22.4 Å². The number of hydrogen-bond donors (Lipinski definition) is 2. The third-order valence-corrected chi connectivity index (χ3v) is 3.95. The minimum absolute atomic E-state index is 0.0103. The van der Waals surface area contributed by atoms with Crippen LogP contribution < -0.4 is 5.32 Å². The van der Waals surface area contributed by atoms with Crippen molar-refractivity contribution in [2.24, 2.45) is 0 Å². The van der Waals surface area contributed by atoms with Gasteiger partial charge in [0.1, 0.15) is 16.3 Å². The third kappa shape index (κ3) is 3.54. The van der Waals surface area contributed by atoms with E-state index in [1.54, 1.807) is 26.8 Å². The summed E-state index contributed by atoms with van der Waals surface area (Å²) in [6.45, 7) is 5.04. The Bertz CT molecular complexity index is 733. The molecular weight excluding hydrogens is 309 g/mol. The molecular formula is C15H16FNO4S. The highest BCUT2D eigenvalue weighted by atomic mass is 32.1. The van der Waals surface area contributed by atoms with Gasteiger partial charge in [0.05, 0.1) is 0 Å². The number of aromatic carboxylic acids is 1. The maximum Gasteiger partial charge on any atom is 0.407 e. The quantitative estimate of drug-likeness (QED) is 0.901. The summed E-state index contributed by atoms with van der Waals surface area (Å²) in [5.74, 6) is -1.66. The van der Waals surface area contributed by atoms with Gasteiger partial charge in [-0.3, -0.25) is 0 Å². The predicted molar refractivity (Wildman–Crippen MR) is 81.8 cm³/mol. The number of carbonyl (C=O) groups excluding carboxylic acids is 1. The van der Waals surface area contributed by atoms with Crippen LogP contribution in [0.2, 0.25) is 0 Å². The summed E-state index contributed by atoms with van der Waals surface area (Å²) in [5, 5.41) is 11.9. The normalized spacial score (nSPS) is 11.5. The lowest BCUT2D eigenvalue weighted by Crippen LogP contribution is -2.32. The molecule has 1 amide bonds. The molecule has 0 spiro atoms. The van der Waals surface area contributed by atoms with Crippen molar-refractivity contribution in [2.45, 2.75) is 32.9 Å². The first-order valence-electron chi connectivity index (χ1n) is 6.59. The number of fused-ring (bicyclic) bond motifs is 1. The number of rotatable bonds is 3. The monoisotopic (exact) mass is 325 g/mol. The van der Waals surface area contributed by atoms with Gasteiger partial charge in [0, 0.05) is 22.2 Å².